The number of anilines is 2. The molecule has 1 amide bonds. The zero-order valence-electron chi connectivity index (χ0n) is 15.3. The summed E-state index contributed by atoms with van der Waals surface area (Å²) in [5, 5.41) is 2.76. The fourth-order valence-corrected chi connectivity index (χ4v) is 3.67. The third-order valence-electron chi connectivity index (χ3n) is 3.89. The molecule has 0 aliphatic heterocycles. The molecule has 7 heteroatoms. The van der Waals surface area contributed by atoms with Crippen molar-refractivity contribution >= 4 is 27.3 Å². The molecule has 0 radical (unpaired) electrons. The van der Waals surface area contributed by atoms with Gasteiger partial charge in [-0.1, -0.05) is 30.3 Å². The van der Waals surface area contributed by atoms with Crippen molar-refractivity contribution in [2.75, 3.05) is 16.6 Å². The molecule has 0 heterocycles. The lowest BCUT2D eigenvalue weighted by molar-refractivity contribution is 0.102. The van der Waals surface area contributed by atoms with Crippen molar-refractivity contribution in [3.63, 3.8) is 0 Å². The molecule has 6 nitrogen and oxygen atoms in total. The fourth-order valence-electron chi connectivity index (χ4n) is 2.57. The molecule has 0 saturated carbocycles. The number of rotatable bonds is 7. The van der Waals surface area contributed by atoms with Gasteiger partial charge in [0, 0.05) is 5.69 Å². The monoisotopic (exact) mass is 396 g/mol. The quantitative estimate of drug-likeness (QED) is 0.629. The first-order valence-corrected chi connectivity index (χ1v) is 10.2. The molecule has 0 saturated heterocycles. The van der Waals surface area contributed by atoms with Crippen molar-refractivity contribution in [2.24, 2.45) is 0 Å². The number of benzene rings is 3. The molecular weight excluding hydrogens is 376 g/mol. The Labute approximate surface area is 164 Å². The number of carbonyl (C=O) groups is 1. The summed E-state index contributed by atoms with van der Waals surface area (Å²) in [5.74, 6) is 0.284. The Bertz CT molecular complexity index is 1050. The highest BCUT2D eigenvalue weighted by Crippen LogP contribution is 2.22. The van der Waals surface area contributed by atoms with Gasteiger partial charge in [-0.15, -0.1) is 0 Å². The van der Waals surface area contributed by atoms with Gasteiger partial charge >= 0.3 is 0 Å². The van der Waals surface area contributed by atoms with Gasteiger partial charge in [-0.25, -0.2) is 8.42 Å². The van der Waals surface area contributed by atoms with Crippen molar-refractivity contribution in [1.82, 2.24) is 0 Å². The van der Waals surface area contributed by atoms with Gasteiger partial charge in [0.25, 0.3) is 15.9 Å². The third kappa shape index (κ3) is 4.69. The van der Waals surface area contributed by atoms with Crippen LogP contribution in [0.3, 0.4) is 0 Å². The summed E-state index contributed by atoms with van der Waals surface area (Å²) in [4.78, 5) is 12.8. The maximum Gasteiger partial charge on any atom is 0.261 e. The first kappa shape index (κ1) is 19.4. The summed E-state index contributed by atoms with van der Waals surface area (Å²) in [7, 11) is -3.80. The van der Waals surface area contributed by atoms with E-state index in [-0.39, 0.29) is 16.1 Å². The molecule has 28 heavy (non-hydrogen) atoms. The van der Waals surface area contributed by atoms with Crippen LogP contribution in [0, 0.1) is 0 Å². The van der Waals surface area contributed by atoms with E-state index < -0.39 is 15.9 Å². The second-order valence-electron chi connectivity index (χ2n) is 5.88. The molecule has 0 aromatic heterocycles. The molecule has 0 aliphatic rings. The maximum atomic E-state index is 12.7. The fraction of sp³-hybridized carbons (Fsp3) is 0.0952. The summed E-state index contributed by atoms with van der Waals surface area (Å²) < 4.78 is 33.0. The van der Waals surface area contributed by atoms with Gasteiger partial charge in [0.15, 0.2) is 0 Å². The standard InChI is InChI=1S/C21H20N2O4S/c1-2-27-17-14-12-16(13-15-17)22-21(24)19-10-6-7-11-20(19)23-28(25,26)18-8-4-3-5-9-18/h3-15,23H,2H2,1H3,(H,22,24). The number of sulfonamides is 1. The molecule has 3 rings (SSSR count). The van der Waals surface area contributed by atoms with Crippen LogP contribution in [0.15, 0.2) is 83.8 Å². The molecular formula is C21H20N2O4S. The normalized spacial score (nSPS) is 10.9. The number of hydrogen-bond acceptors (Lipinski definition) is 4. The van der Waals surface area contributed by atoms with Crippen LogP contribution in [-0.4, -0.2) is 20.9 Å². The predicted molar refractivity (Wildman–Crippen MR) is 109 cm³/mol. The summed E-state index contributed by atoms with van der Waals surface area (Å²) in [5.41, 5.74) is 1.000. The van der Waals surface area contributed by atoms with E-state index in [1.165, 1.54) is 12.1 Å². The summed E-state index contributed by atoms with van der Waals surface area (Å²) in [6, 6.07) is 21.4. The Morgan fingerprint density at radius 1 is 0.893 bits per heavy atom. The van der Waals surface area contributed by atoms with Crippen LogP contribution >= 0.6 is 0 Å². The van der Waals surface area contributed by atoms with E-state index in [4.69, 9.17) is 4.74 Å². The Kier molecular flexibility index (Phi) is 5.96. The van der Waals surface area contributed by atoms with Crippen LogP contribution in [0.1, 0.15) is 17.3 Å². The number of para-hydroxylation sites is 1. The molecule has 0 unspecified atom stereocenters. The Morgan fingerprint density at radius 3 is 2.21 bits per heavy atom. The minimum absolute atomic E-state index is 0.122. The van der Waals surface area contributed by atoms with Gasteiger partial charge in [-0.2, -0.15) is 0 Å². The molecule has 0 aliphatic carbocycles. The minimum Gasteiger partial charge on any atom is -0.494 e. The highest BCUT2D eigenvalue weighted by Gasteiger charge is 2.18. The van der Waals surface area contributed by atoms with E-state index in [9.17, 15) is 13.2 Å². The van der Waals surface area contributed by atoms with Crippen LogP contribution in [0.2, 0.25) is 0 Å². The molecule has 144 valence electrons. The molecule has 0 spiro atoms. The van der Waals surface area contributed by atoms with Crippen LogP contribution in [-0.2, 0) is 10.0 Å². The third-order valence-corrected chi connectivity index (χ3v) is 5.27. The average Bonchev–Trinajstić information content (AvgIpc) is 2.70. The van der Waals surface area contributed by atoms with E-state index >= 15 is 0 Å². The van der Waals surface area contributed by atoms with Crippen LogP contribution in [0.5, 0.6) is 5.75 Å². The van der Waals surface area contributed by atoms with Gasteiger partial charge < -0.3 is 10.1 Å². The predicted octanol–water partition coefficient (Wildman–Crippen LogP) is 4.14. The van der Waals surface area contributed by atoms with Gasteiger partial charge in [0.2, 0.25) is 0 Å². The topological polar surface area (TPSA) is 84.5 Å². The number of amides is 1. The Balaban J connectivity index is 1.80. The van der Waals surface area contributed by atoms with Crippen molar-refractivity contribution in [1.29, 1.82) is 0 Å². The largest absolute Gasteiger partial charge is 0.494 e. The minimum atomic E-state index is -3.80. The lowest BCUT2D eigenvalue weighted by Crippen LogP contribution is -2.18. The first-order valence-electron chi connectivity index (χ1n) is 8.71. The summed E-state index contributed by atoms with van der Waals surface area (Å²) >= 11 is 0. The van der Waals surface area contributed by atoms with Gasteiger partial charge in [-0.05, 0) is 55.5 Å². The average molecular weight is 396 g/mol. The smallest absolute Gasteiger partial charge is 0.261 e. The number of ether oxygens (including phenoxy) is 1. The molecule has 0 atom stereocenters. The molecule has 0 fully saturated rings. The van der Waals surface area contributed by atoms with Gasteiger partial charge in [0.1, 0.15) is 5.75 Å². The Morgan fingerprint density at radius 2 is 1.54 bits per heavy atom. The van der Waals surface area contributed by atoms with Crippen molar-refractivity contribution in [3.8, 4) is 5.75 Å². The lowest BCUT2D eigenvalue weighted by atomic mass is 10.1. The van der Waals surface area contributed by atoms with Crippen LogP contribution in [0.4, 0.5) is 11.4 Å². The van der Waals surface area contributed by atoms with E-state index in [2.05, 4.69) is 10.0 Å². The van der Waals surface area contributed by atoms with E-state index in [1.807, 2.05) is 6.92 Å². The molecule has 3 aromatic carbocycles. The first-order chi connectivity index (χ1) is 13.5. The molecule has 2 N–H and O–H groups in total. The summed E-state index contributed by atoms with van der Waals surface area (Å²) in [6.45, 7) is 2.45. The second-order valence-corrected chi connectivity index (χ2v) is 7.56. The van der Waals surface area contributed by atoms with Gasteiger partial charge in [0.05, 0.1) is 22.8 Å². The summed E-state index contributed by atoms with van der Waals surface area (Å²) in [6.07, 6.45) is 0. The zero-order valence-corrected chi connectivity index (χ0v) is 16.1. The van der Waals surface area contributed by atoms with Crippen molar-refractivity contribution in [3.05, 3.63) is 84.4 Å². The number of nitrogens with one attached hydrogen (secondary N) is 2. The Hall–Kier alpha value is -3.32. The van der Waals surface area contributed by atoms with Crippen LogP contribution < -0.4 is 14.8 Å². The molecule has 3 aromatic rings. The molecule has 0 bridgehead atoms. The van der Waals surface area contributed by atoms with E-state index in [1.54, 1.807) is 66.7 Å². The zero-order chi connectivity index (χ0) is 20.0. The van der Waals surface area contributed by atoms with Crippen molar-refractivity contribution in [2.45, 2.75) is 11.8 Å². The number of carbonyl (C=O) groups excluding carboxylic acids is 1. The van der Waals surface area contributed by atoms with E-state index in [0.29, 0.717) is 18.0 Å². The second kappa shape index (κ2) is 8.58. The van der Waals surface area contributed by atoms with Gasteiger partial charge in [-0.3, -0.25) is 9.52 Å². The lowest BCUT2D eigenvalue weighted by Gasteiger charge is -2.13. The highest BCUT2D eigenvalue weighted by molar-refractivity contribution is 7.92. The number of hydrogen-bond donors (Lipinski definition) is 2. The maximum absolute atomic E-state index is 12.7. The van der Waals surface area contributed by atoms with Crippen LogP contribution in [0.25, 0.3) is 0 Å². The van der Waals surface area contributed by atoms with Crippen molar-refractivity contribution < 1.29 is 17.9 Å². The SMILES string of the molecule is CCOc1ccc(NC(=O)c2ccccc2NS(=O)(=O)c2ccccc2)cc1. The highest BCUT2D eigenvalue weighted by atomic mass is 32.2. The van der Waals surface area contributed by atoms with E-state index in [0.717, 1.165) is 0 Å².